The fourth-order valence-corrected chi connectivity index (χ4v) is 3.02. The third-order valence-corrected chi connectivity index (χ3v) is 4.37. The molecule has 1 fully saturated rings. The average Bonchev–Trinajstić information content (AvgIpc) is 2.62. The highest BCUT2D eigenvalue weighted by atomic mass is 16.6. The van der Waals surface area contributed by atoms with Crippen LogP contribution in [0.2, 0.25) is 0 Å². The molecule has 0 bridgehead atoms. The molecule has 1 aliphatic heterocycles. The van der Waals surface area contributed by atoms with Crippen molar-refractivity contribution in [3.63, 3.8) is 0 Å². The van der Waals surface area contributed by atoms with Gasteiger partial charge in [0.05, 0.1) is 6.61 Å². The zero-order valence-electron chi connectivity index (χ0n) is 17.5. The van der Waals surface area contributed by atoms with Crippen LogP contribution in [0.15, 0.2) is 24.3 Å². The molecule has 28 heavy (non-hydrogen) atoms. The third-order valence-electron chi connectivity index (χ3n) is 4.37. The summed E-state index contributed by atoms with van der Waals surface area (Å²) in [7, 11) is 0. The Morgan fingerprint density at radius 3 is 2.29 bits per heavy atom. The van der Waals surface area contributed by atoms with Gasteiger partial charge in [0.15, 0.2) is 0 Å². The molecule has 1 aliphatic rings. The lowest BCUT2D eigenvalue weighted by atomic mass is 10.2. The van der Waals surface area contributed by atoms with E-state index >= 15 is 0 Å². The van der Waals surface area contributed by atoms with E-state index < -0.39 is 11.7 Å². The van der Waals surface area contributed by atoms with E-state index in [0.717, 1.165) is 25.4 Å². The van der Waals surface area contributed by atoms with Crippen molar-refractivity contribution in [3.05, 3.63) is 29.8 Å². The van der Waals surface area contributed by atoms with Gasteiger partial charge in [0.2, 0.25) is 5.91 Å². The summed E-state index contributed by atoms with van der Waals surface area (Å²) in [5.74, 6) is 0.957. The number of amides is 2. The molecule has 0 saturated carbocycles. The minimum absolute atomic E-state index is 0.0665. The summed E-state index contributed by atoms with van der Waals surface area (Å²) in [6, 6.07) is 8.17. The number of rotatable bonds is 7. The van der Waals surface area contributed by atoms with E-state index in [4.69, 9.17) is 9.47 Å². The summed E-state index contributed by atoms with van der Waals surface area (Å²) < 4.78 is 10.6. The van der Waals surface area contributed by atoms with Crippen molar-refractivity contribution in [2.75, 3.05) is 39.3 Å². The SMILES string of the molecule is CCOc1ccc(CN2CCN(C(=O)CCNC(=O)OC(C)(C)C)CC2)cc1. The van der Waals surface area contributed by atoms with Crippen LogP contribution in [-0.4, -0.2) is 66.7 Å². The zero-order valence-corrected chi connectivity index (χ0v) is 17.5. The number of carbonyl (C=O) groups excluding carboxylic acids is 2. The van der Waals surface area contributed by atoms with Crippen molar-refractivity contribution in [1.82, 2.24) is 15.1 Å². The highest BCUT2D eigenvalue weighted by molar-refractivity contribution is 5.77. The number of hydrogen-bond acceptors (Lipinski definition) is 5. The lowest BCUT2D eigenvalue weighted by Gasteiger charge is -2.34. The number of carbonyl (C=O) groups is 2. The average molecular weight is 392 g/mol. The fraction of sp³-hybridized carbons (Fsp3) is 0.619. The largest absolute Gasteiger partial charge is 0.494 e. The van der Waals surface area contributed by atoms with Crippen LogP contribution in [0, 0.1) is 0 Å². The normalized spacial score (nSPS) is 15.2. The van der Waals surface area contributed by atoms with Crippen LogP contribution in [0.5, 0.6) is 5.75 Å². The summed E-state index contributed by atoms with van der Waals surface area (Å²) in [6.45, 7) is 12.3. The third kappa shape index (κ3) is 7.76. The molecule has 0 aliphatic carbocycles. The molecule has 156 valence electrons. The van der Waals surface area contributed by atoms with Crippen LogP contribution in [0.4, 0.5) is 4.79 Å². The Morgan fingerprint density at radius 2 is 1.71 bits per heavy atom. The Kier molecular flexibility index (Phi) is 8.11. The molecule has 1 N–H and O–H groups in total. The smallest absolute Gasteiger partial charge is 0.407 e. The molecular formula is C21H33N3O4. The summed E-state index contributed by atoms with van der Waals surface area (Å²) in [6.07, 6.45) is -0.196. The highest BCUT2D eigenvalue weighted by Gasteiger charge is 2.21. The molecule has 1 saturated heterocycles. The van der Waals surface area contributed by atoms with E-state index in [1.165, 1.54) is 5.56 Å². The van der Waals surface area contributed by atoms with Gasteiger partial charge < -0.3 is 19.7 Å². The number of benzene rings is 1. The van der Waals surface area contributed by atoms with Crippen LogP contribution in [-0.2, 0) is 16.1 Å². The molecule has 1 aromatic carbocycles. The molecule has 0 aromatic heterocycles. The van der Waals surface area contributed by atoms with Crippen molar-refractivity contribution in [2.45, 2.75) is 46.3 Å². The van der Waals surface area contributed by atoms with Gasteiger partial charge in [-0.3, -0.25) is 9.69 Å². The first-order valence-electron chi connectivity index (χ1n) is 9.95. The van der Waals surface area contributed by atoms with Gasteiger partial charge in [-0.05, 0) is 45.4 Å². The van der Waals surface area contributed by atoms with Crippen molar-refractivity contribution >= 4 is 12.0 Å². The summed E-state index contributed by atoms with van der Waals surface area (Å²) in [5, 5.41) is 2.63. The molecule has 0 unspecified atom stereocenters. The monoisotopic (exact) mass is 391 g/mol. The highest BCUT2D eigenvalue weighted by Crippen LogP contribution is 2.15. The summed E-state index contributed by atoms with van der Waals surface area (Å²) in [4.78, 5) is 28.2. The van der Waals surface area contributed by atoms with Gasteiger partial charge >= 0.3 is 6.09 Å². The first-order chi connectivity index (χ1) is 13.3. The Bertz CT molecular complexity index is 632. The number of hydrogen-bond donors (Lipinski definition) is 1. The molecular weight excluding hydrogens is 358 g/mol. The second-order valence-corrected chi connectivity index (χ2v) is 7.91. The van der Waals surface area contributed by atoms with Gasteiger partial charge in [-0.15, -0.1) is 0 Å². The maximum atomic E-state index is 12.3. The molecule has 7 nitrogen and oxygen atoms in total. The van der Waals surface area contributed by atoms with Crippen LogP contribution in [0.1, 0.15) is 39.7 Å². The first-order valence-corrected chi connectivity index (χ1v) is 9.95. The first kappa shape index (κ1) is 22.0. The van der Waals surface area contributed by atoms with Crippen LogP contribution >= 0.6 is 0 Å². The van der Waals surface area contributed by atoms with E-state index in [-0.39, 0.29) is 12.3 Å². The van der Waals surface area contributed by atoms with Gasteiger partial charge in [0.25, 0.3) is 0 Å². The van der Waals surface area contributed by atoms with Crippen LogP contribution in [0.3, 0.4) is 0 Å². The van der Waals surface area contributed by atoms with Crippen molar-refractivity contribution in [3.8, 4) is 5.75 Å². The Balaban J connectivity index is 1.67. The van der Waals surface area contributed by atoms with Gasteiger partial charge in [-0.1, -0.05) is 12.1 Å². The lowest BCUT2D eigenvalue weighted by molar-refractivity contribution is -0.132. The predicted molar refractivity (Wildman–Crippen MR) is 108 cm³/mol. The van der Waals surface area contributed by atoms with Gasteiger partial charge in [0, 0.05) is 45.7 Å². The molecule has 2 rings (SSSR count). The Morgan fingerprint density at radius 1 is 1.07 bits per heavy atom. The van der Waals surface area contributed by atoms with Gasteiger partial charge in [-0.2, -0.15) is 0 Å². The molecule has 0 spiro atoms. The number of nitrogens with zero attached hydrogens (tertiary/aromatic N) is 2. The molecule has 0 radical (unpaired) electrons. The number of ether oxygens (including phenoxy) is 2. The van der Waals surface area contributed by atoms with Crippen LogP contribution < -0.4 is 10.1 Å². The second kappa shape index (κ2) is 10.3. The topological polar surface area (TPSA) is 71.1 Å². The summed E-state index contributed by atoms with van der Waals surface area (Å²) in [5.41, 5.74) is 0.707. The quantitative estimate of drug-likeness (QED) is 0.774. The molecule has 0 atom stereocenters. The standard InChI is InChI=1S/C21H33N3O4/c1-5-27-18-8-6-17(7-9-18)16-23-12-14-24(15-13-23)19(25)10-11-22-20(26)28-21(2,3)4/h6-9H,5,10-16H2,1-4H3,(H,22,26). The lowest BCUT2D eigenvalue weighted by Crippen LogP contribution is -2.48. The minimum Gasteiger partial charge on any atom is -0.494 e. The summed E-state index contributed by atoms with van der Waals surface area (Å²) >= 11 is 0. The van der Waals surface area contributed by atoms with Gasteiger partial charge in [0.1, 0.15) is 11.4 Å². The Hall–Kier alpha value is -2.28. The van der Waals surface area contributed by atoms with Crippen LogP contribution in [0.25, 0.3) is 0 Å². The molecule has 1 heterocycles. The maximum Gasteiger partial charge on any atom is 0.407 e. The van der Waals surface area contributed by atoms with E-state index in [1.54, 1.807) is 0 Å². The van der Waals surface area contributed by atoms with Crippen molar-refractivity contribution < 1.29 is 19.1 Å². The predicted octanol–water partition coefficient (Wildman–Crippen LogP) is 2.64. The maximum absolute atomic E-state index is 12.3. The number of alkyl carbamates (subject to hydrolysis) is 1. The van der Waals surface area contributed by atoms with E-state index in [9.17, 15) is 9.59 Å². The fourth-order valence-electron chi connectivity index (χ4n) is 3.02. The second-order valence-electron chi connectivity index (χ2n) is 7.91. The van der Waals surface area contributed by atoms with Crippen molar-refractivity contribution in [1.29, 1.82) is 0 Å². The van der Waals surface area contributed by atoms with Gasteiger partial charge in [-0.25, -0.2) is 4.79 Å². The van der Waals surface area contributed by atoms with E-state index in [1.807, 2.05) is 44.7 Å². The molecule has 7 heteroatoms. The number of nitrogens with one attached hydrogen (secondary N) is 1. The van der Waals surface area contributed by atoms with Crippen molar-refractivity contribution in [2.24, 2.45) is 0 Å². The molecule has 1 aromatic rings. The Labute approximate surface area is 168 Å². The zero-order chi connectivity index (χ0) is 20.6. The number of piperazine rings is 1. The van der Waals surface area contributed by atoms with E-state index in [0.29, 0.717) is 26.2 Å². The minimum atomic E-state index is -0.534. The molecule has 2 amide bonds. The van der Waals surface area contributed by atoms with E-state index in [2.05, 4.69) is 22.3 Å².